The number of carbonyl (C=O) groups excluding carboxylic acids is 2. The van der Waals surface area contributed by atoms with Gasteiger partial charge in [0.1, 0.15) is 0 Å². The average Bonchev–Trinajstić information content (AvgIpc) is 2.96. The molecule has 2 amide bonds. The molecule has 0 radical (unpaired) electrons. The number of fused-ring (bicyclic) bond motifs is 1. The third kappa shape index (κ3) is 2.76. The standard InChI is InChI=1S/C21H25N3O2S/c1-12-4-3-5-16-17(12)22-19(27-16)23-18(26)20-7-14-6-15(8-20)10-21(9-14,11-20)24-13(2)25/h3-5,14-15H,6-11H2,1-2H3,(H,24,25)(H,22,23,26)/t14-,15-,20?,21?/m0/s1. The monoisotopic (exact) mass is 383 g/mol. The number of para-hydroxylation sites is 1. The van der Waals surface area contributed by atoms with Crippen LogP contribution in [0.25, 0.3) is 10.2 Å². The molecule has 6 rings (SSSR count). The van der Waals surface area contributed by atoms with Crippen LogP contribution in [0.4, 0.5) is 5.13 Å². The number of nitrogens with one attached hydrogen (secondary N) is 2. The molecule has 2 N–H and O–H groups in total. The van der Waals surface area contributed by atoms with Crippen molar-refractivity contribution < 1.29 is 9.59 Å². The first-order chi connectivity index (χ1) is 12.9. The summed E-state index contributed by atoms with van der Waals surface area (Å²) in [4.78, 5) is 29.9. The zero-order valence-electron chi connectivity index (χ0n) is 15.8. The highest BCUT2D eigenvalue weighted by Gasteiger charge is 2.60. The van der Waals surface area contributed by atoms with Gasteiger partial charge in [-0.05, 0) is 68.9 Å². The lowest BCUT2D eigenvalue weighted by Crippen LogP contribution is -2.65. The Labute approximate surface area is 162 Å². The Hall–Kier alpha value is -1.95. The van der Waals surface area contributed by atoms with Gasteiger partial charge in [0.25, 0.3) is 0 Å². The first-order valence-electron chi connectivity index (χ1n) is 9.83. The van der Waals surface area contributed by atoms with E-state index in [4.69, 9.17) is 0 Å². The van der Waals surface area contributed by atoms with E-state index in [9.17, 15) is 9.59 Å². The minimum Gasteiger partial charge on any atom is -0.351 e. The van der Waals surface area contributed by atoms with Crippen molar-refractivity contribution >= 4 is 38.5 Å². The Morgan fingerprint density at radius 2 is 1.93 bits per heavy atom. The maximum absolute atomic E-state index is 13.4. The van der Waals surface area contributed by atoms with Crippen LogP contribution in [0, 0.1) is 24.2 Å². The molecule has 1 aromatic carbocycles. The van der Waals surface area contributed by atoms with Crippen molar-refractivity contribution in [2.45, 2.75) is 57.9 Å². The predicted molar refractivity (Wildman–Crippen MR) is 107 cm³/mol. The van der Waals surface area contributed by atoms with Crippen LogP contribution in [0.3, 0.4) is 0 Å². The number of aromatic nitrogens is 1. The van der Waals surface area contributed by atoms with Gasteiger partial charge in [-0.25, -0.2) is 4.98 Å². The Bertz CT molecular complexity index is 936. The average molecular weight is 384 g/mol. The number of anilines is 1. The van der Waals surface area contributed by atoms with Crippen molar-refractivity contribution in [3.63, 3.8) is 0 Å². The van der Waals surface area contributed by atoms with Gasteiger partial charge in [-0.2, -0.15) is 0 Å². The molecule has 4 bridgehead atoms. The molecule has 0 aliphatic heterocycles. The summed E-state index contributed by atoms with van der Waals surface area (Å²) in [6, 6.07) is 6.12. The fourth-order valence-electron chi connectivity index (χ4n) is 6.42. The van der Waals surface area contributed by atoms with Gasteiger partial charge < -0.3 is 10.6 Å². The lowest BCUT2D eigenvalue weighted by atomic mass is 9.46. The molecule has 142 valence electrons. The van der Waals surface area contributed by atoms with Crippen molar-refractivity contribution in [3.8, 4) is 0 Å². The van der Waals surface area contributed by atoms with Gasteiger partial charge in [0, 0.05) is 12.5 Å². The number of hydrogen-bond donors (Lipinski definition) is 2. The SMILES string of the molecule is CC(=O)NC12C[C@H]3C[C@H](C1)CC(C(=O)Nc1nc4c(C)cccc4s1)(C3)C2. The van der Waals surface area contributed by atoms with E-state index in [0.717, 1.165) is 47.9 Å². The summed E-state index contributed by atoms with van der Waals surface area (Å²) in [6.07, 6.45) is 5.91. The number of amides is 2. The van der Waals surface area contributed by atoms with E-state index in [1.165, 1.54) is 6.42 Å². The first-order valence-corrected chi connectivity index (χ1v) is 10.6. The second kappa shape index (κ2) is 5.77. The van der Waals surface area contributed by atoms with E-state index in [1.54, 1.807) is 18.3 Å². The lowest BCUT2D eigenvalue weighted by molar-refractivity contribution is -0.148. The Balaban J connectivity index is 1.43. The molecule has 0 unspecified atom stereocenters. The molecule has 2 atom stereocenters. The fourth-order valence-corrected chi connectivity index (χ4v) is 7.36. The summed E-state index contributed by atoms with van der Waals surface area (Å²) < 4.78 is 1.10. The molecule has 5 nitrogen and oxygen atoms in total. The number of thiazole rings is 1. The Morgan fingerprint density at radius 1 is 1.19 bits per heavy atom. The highest BCUT2D eigenvalue weighted by Crippen LogP contribution is 2.62. The number of benzene rings is 1. The molecular formula is C21H25N3O2S. The van der Waals surface area contributed by atoms with Crippen LogP contribution in [-0.4, -0.2) is 22.3 Å². The van der Waals surface area contributed by atoms with E-state index in [0.29, 0.717) is 17.0 Å². The van der Waals surface area contributed by atoms with E-state index in [-0.39, 0.29) is 22.8 Å². The molecule has 27 heavy (non-hydrogen) atoms. The first kappa shape index (κ1) is 17.2. The molecule has 1 heterocycles. The van der Waals surface area contributed by atoms with Gasteiger partial charge in [-0.1, -0.05) is 23.5 Å². The Kier molecular flexibility index (Phi) is 3.67. The minimum absolute atomic E-state index is 0.0224. The van der Waals surface area contributed by atoms with Crippen molar-refractivity contribution in [1.29, 1.82) is 0 Å². The maximum atomic E-state index is 13.4. The summed E-state index contributed by atoms with van der Waals surface area (Å²) in [5.74, 6) is 1.21. The summed E-state index contributed by atoms with van der Waals surface area (Å²) >= 11 is 1.54. The highest BCUT2D eigenvalue weighted by atomic mass is 32.1. The number of rotatable bonds is 3. The smallest absolute Gasteiger partial charge is 0.232 e. The van der Waals surface area contributed by atoms with Gasteiger partial charge in [-0.15, -0.1) is 0 Å². The van der Waals surface area contributed by atoms with E-state index >= 15 is 0 Å². The summed E-state index contributed by atoms with van der Waals surface area (Å²) in [6.45, 7) is 3.64. The third-order valence-corrected chi connectivity index (χ3v) is 7.76. The largest absolute Gasteiger partial charge is 0.351 e. The lowest BCUT2D eigenvalue weighted by Gasteiger charge is -2.61. The fraction of sp³-hybridized carbons (Fsp3) is 0.571. The zero-order valence-corrected chi connectivity index (χ0v) is 16.6. The topological polar surface area (TPSA) is 71.1 Å². The van der Waals surface area contributed by atoms with Crippen LogP contribution in [-0.2, 0) is 9.59 Å². The van der Waals surface area contributed by atoms with Crippen LogP contribution in [0.15, 0.2) is 18.2 Å². The van der Waals surface area contributed by atoms with Crippen molar-refractivity contribution in [2.75, 3.05) is 5.32 Å². The second-order valence-electron chi connectivity index (χ2n) is 9.10. The van der Waals surface area contributed by atoms with E-state index in [2.05, 4.69) is 15.6 Å². The van der Waals surface area contributed by atoms with Crippen molar-refractivity contribution in [3.05, 3.63) is 23.8 Å². The zero-order chi connectivity index (χ0) is 18.8. The summed E-state index contributed by atoms with van der Waals surface area (Å²) in [5, 5.41) is 7.06. The summed E-state index contributed by atoms with van der Waals surface area (Å²) in [5.41, 5.74) is 1.55. The van der Waals surface area contributed by atoms with Crippen molar-refractivity contribution in [1.82, 2.24) is 10.3 Å². The minimum atomic E-state index is -0.362. The van der Waals surface area contributed by atoms with Crippen LogP contribution < -0.4 is 10.6 Å². The van der Waals surface area contributed by atoms with Crippen LogP contribution in [0.5, 0.6) is 0 Å². The quantitative estimate of drug-likeness (QED) is 0.841. The number of nitrogens with zero attached hydrogens (tertiary/aromatic N) is 1. The van der Waals surface area contributed by atoms with Gasteiger partial charge in [-0.3, -0.25) is 9.59 Å². The molecule has 4 aliphatic carbocycles. The van der Waals surface area contributed by atoms with E-state index < -0.39 is 0 Å². The van der Waals surface area contributed by atoms with Crippen LogP contribution in [0.1, 0.15) is 51.0 Å². The molecule has 0 spiro atoms. The Morgan fingerprint density at radius 3 is 2.59 bits per heavy atom. The molecule has 6 heteroatoms. The second-order valence-corrected chi connectivity index (χ2v) is 10.1. The van der Waals surface area contributed by atoms with Crippen LogP contribution in [0.2, 0.25) is 0 Å². The number of aryl methyl sites for hydroxylation is 1. The van der Waals surface area contributed by atoms with E-state index in [1.807, 2.05) is 25.1 Å². The van der Waals surface area contributed by atoms with Crippen molar-refractivity contribution in [2.24, 2.45) is 17.3 Å². The predicted octanol–water partition coefficient (Wildman–Crippen LogP) is 4.02. The summed E-state index contributed by atoms with van der Waals surface area (Å²) in [7, 11) is 0. The highest BCUT2D eigenvalue weighted by molar-refractivity contribution is 7.22. The maximum Gasteiger partial charge on any atom is 0.232 e. The normalized spacial score (nSPS) is 34.0. The number of hydrogen-bond acceptors (Lipinski definition) is 4. The molecule has 4 aliphatic rings. The van der Waals surface area contributed by atoms with Gasteiger partial charge in [0.2, 0.25) is 11.8 Å². The molecule has 4 fully saturated rings. The molecule has 4 saturated carbocycles. The molecule has 0 saturated heterocycles. The molecular weight excluding hydrogens is 358 g/mol. The third-order valence-electron chi connectivity index (χ3n) is 6.83. The molecule has 1 aromatic heterocycles. The van der Waals surface area contributed by atoms with Crippen LogP contribution >= 0.6 is 11.3 Å². The number of carbonyl (C=O) groups is 2. The van der Waals surface area contributed by atoms with Gasteiger partial charge in [0.15, 0.2) is 5.13 Å². The van der Waals surface area contributed by atoms with Gasteiger partial charge in [0.05, 0.1) is 15.6 Å². The van der Waals surface area contributed by atoms with Gasteiger partial charge >= 0.3 is 0 Å². The molecule has 2 aromatic rings.